The fraction of sp³-hybridized carbons (Fsp3) is 0.154. The van der Waals surface area contributed by atoms with Crippen LogP contribution in [-0.2, 0) is 4.74 Å². The predicted octanol–water partition coefficient (Wildman–Crippen LogP) is 3.47. The van der Waals surface area contributed by atoms with Gasteiger partial charge < -0.3 is 4.74 Å². The summed E-state index contributed by atoms with van der Waals surface area (Å²) in [5.74, 6) is 0. The SMILES string of the molecule is COC(c1ccccc1)c1ccc(Cl)nc1. The van der Waals surface area contributed by atoms with Gasteiger partial charge in [0.1, 0.15) is 11.3 Å². The maximum atomic E-state index is 5.75. The Morgan fingerprint density at radius 1 is 1.06 bits per heavy atom. The molecule has 82 valence electrons. The van der Waals surface area contributed by atoms with Gasteiger partial charge in [-0.1, -0.05) is 48.0 Å². The molecule has 2 rings (SSSR count). The highest BCUT2D eigenvalue weighted by molar-refractivity contribution is 6.29. The number of pyridine rings is 1. The summed E-state index contributed by atoms with van der Waals surface area (Å²) in [6, 6.07) is 13.7. The second-order valence-corrected chi connectivity index (χ2v) is 3.83. The Labute approximate surface area is 99.9 Å². The molecule has 0 aliphatic carbocycles. The maximum Gasteiger partial charge on any atom is 0.129 e. The number of hydrogen-bond acceptors (Lipinski definition) is 2. The summed E-state index contributed by atoms with van der Waals surface area (Å²) in [5, 5.41) is 0.492. The van der Waals surface area contributed by atoms with Gasteiger partial charge in [-0.15, -0.1) is 0 Å². The highest BCUT2D eigenvalue weighted by atomic mass is 35.5. The van der Waals surface area contributed by atoms with Crippen LogP contribution >= 0.6 is 11.6 Å². The predicted molar refractivity (Wildman–Crippen MR) is 64.5 cm³/mol. The largest absolute Gasteiger partial charge is 0.372 e. The molecule has 3 heteroatoms. The molecule has 0 fully saturated rings. The Bertz CT molecular complexity index is 441. The van der Waals surface area contributed by atoms with Crippen molar-refractivity contribution in [3.8, 4) is 0 Å². The standard InChI is InChI=1S/C13H12ClNO/c1-16-13(10-5-3-2-4-6-10)11-7-8-12(14)15-9-11/h2-9,13H,1H3. The molecule has 1 aromatic carbocycles. The topological polar surface area (TPSA) is 22.1 Å². The molecule has 1 aromatic heterocycles. The van der Waals surface area contributed by atoms with E-state index in [1.165, 1.54) is 0 Å². The first-order valence-electron chi connectivity index (χ1n) is 5.00. The highest BCUT2D eigenvalue weighted by Crippen LogP contribution is 2.24. The molecular formula is C13H12ClNO. The number of nitrogens with zero attached hydrogens (tertiary/aromatic N) is 1. The summed E-state index contributed by atoms with van der Waals surface area (Å²) in [6.45, 7) is 0. The lowest BCUT2D eigenvalue weighted by Crippen LogP contribution is -2.03. The zero-order valence-electron chi connectivity index (χ0n) is 8.93. The molecule has 0 N–H and O–H groups in total. The summed E-state index contributed by atoms with van der Waals surface area (Å²) in [4.78, 5) is 4.06. The summed E-state index contributed by atoms with van der Waals surface area (Å²) < 4.78 is 5.48. The molecule has 1 unspecified atom stereocenters. The maximum absolute atomic E-state index is 5.75. The van der Waals surface area contributed by atoms with E-state index in [2.05, 4.69) is 4.98 Å². The zero-order chi connectivity index (χ0) is 11.4. The minimum atomic E-state index is -0.0917. The molecule has 0 aliphatic heterocycles. The van der Waals surface area contributed by atoms with E-state index in [1.54, 1.807) is 19.4 Å². The van der Waals surface area contributed by atoms with Gasteiger partial charge in [-0.3, -0.25) is 0 Å². The van der Waals surface area contributed by atoms with Gasteiger partial charge in [-0.25, -0.2) is 4.98 Å². The van der Waals surface area contributed by atoms with Crippen LogP contribution in [0.4, 0.5) is 0 Å². The van der Waals surface area contributed by atoms with Crippen LogP contribution in [-0.4, -0.2) is 12.1 Å². The third-order valence-electron chi connectivity index (χ3n) is 2.39. The summed E-state index contributed by atoms with van der Waals surface area (Å²) >= 11 is 5.75. The molecule has 0 bridgehead atoms. The lowest BCUT2D eigenvalue weighted by atomic mass is 10.0. The first kappa shape index (κ1) is 11.1. The van der Waals surface area contributed by atoms with Crippen LogP contribution in [0.3, 0.4) is 0 Å². The van der Waals surface area contributed by atoms with Gasteiger partial charge >= 0.3 is 0 Å². The van der Waals surface area contributed by atoms with Crippen LogP contribution in [0.15, 0.2) is 48.7 Å². The fourth-order valence-corrected chi connectivity index (χ4v) is 1.75. The summed E-state index contributed by atoms with van der Waals surface area (Å²) in [5.41, 5.74) is 2.10. The highest BCUT2D eigenvalue weighted by Gasteiger charge is 2.12. The van der Waals surface area contributed by atoms with Crippen molar-refractivity contribution in [1.29, 1.82) is 0 Å². The summed E-state index contributed by atoms with van der Waals surface area (Å²) in [6.07, 6.45) is 1.65. The Hall–Kier alpha value is -1.38. The smallest absolute Gasteiger partial charge is 0.129 e. The molecule has 0 amide bonds. The number of halogens is 1. The molecule has 0 saturated heterocycles. The van der Waals surface area contributed by atoms with Crippen LogP contribution in [0.5, 0.6) is 0 Å². The van der Waals surface area contributed by atoms with Crippen molar-refractivity contribution in [2.45, 2.75) is 6.10 Å². The van der Waals surface area contributed by atoms with Crippen LogP contribution in [0.2, 0.25) is 5.15 Å². The van der Waals surface area contributed by atoms with Crippen molar-refractivity contribution < 1.29 is 4.74 Å². The molecule has 2 aromatic rings. The zero-order valence-corrected chi connectivity index (χ0v) is 9.69. The molecule has 0 saturated carbocycles. The molecule has 1 atom stereocenters. The lowest BCUT2D eigenvalue weighted by Gasteiger charge is -2.15. The Morgan fingerprint density at radius 2 is 1.81 bits per heavy atom. The van der Waals surface area contributed by atoms with E-state index < -0.39 is 0 Å². The molecular weight excluding hydrogens is 222 g/mol. The number of rotatable bonds is 3. The average molecular weight is 234 g/mol. The normalized spacial score (nSPS) is 12.4. The van der Waals surface area contributed by atoms with Crippen molar-refractivity contribution >= 4 is 11.6 Å². The van der Waals surface area contributed by atoms with Gasteiger partial charge in [-0.2, -0.15) is 0 Å². The van der Waals surface area contributed by atoms with E-state index in [-0.39, 0.29) is 6.10 Å². The minimum Gasteiger partial charge on any atom is -0.372 e. The van der Waals surface area contributed by atoms with E-state index in [9.17, 15) is 0 Å². The molecule has 2 nitrogen and oxygen atoms in total. The van der Waals surface area contributed by atoms with Crippen molar-refractivity contribution in [1.82, 2.24) is 4.98 Å². The van der Waals surface area contributed by atoms with Crippen molar-refractivity contribution in [2.24, 2.45) is 0 Å². The fourth-order valence-electron chi connectivity index (χ4n) is 1.63. The van der Waals surface area contributed by atoms with Crippen molar-refractivity contribution in [3.05, 3.63) is 64.9 Å². The van der Waals surface area contributed by atoms with E-state index in [4.69, 9.17) is 16.3 Å². The molecule has 0 aliphatic rings. The second kappa shape index (κ2) is 5.10. The number of aromatic nitrogens is 1. The third kappa shape index (κ3) is 2.40. The van der Waals surface area contributed by atoms with Crippen molar-refractivity contribution in [3.63, 3.8) is 0 Å². The second-order valence-electron chi connectivity index (χ2n) is 3.44. The van der Waals surface area contributed by atoms with E-state index in [0.717, 1.165) is 11.1 Å². The van der Waals surface area contributed by atoms with Gasteiger partial charge in [0.25, 0.3) is 0 Å². The Kier molecular flexibility index (Phi) is 3.54. The van der Waals surface area contributed by atoms with Crippen LogP contribution in [0.1, 0.15) is 17.2 Å². The summed E-state index contributed by atoms with van der Waals surface area (Å²) in [7, 11) is 1.69. The van der Waals surface area contributed by atoms with Gasteiger partial charge in [-0.05, 0) is 11.6 Å². The first-order valence-corrected chi connectivity index (χ1v) is 5.38. The lowest BCUT2D eigenvalue weighted by molar-refractivity contribution is 0.136. The third-order valence-corrected chi connectivity index (χ3v) is 2.61. The Morgan fingerprint density at radius 3 is 2.38 bits per heavy atom. The van der Waals surface area contributed by atoms with Crippen molar-refractivity contribution in [2.75, 3.05) is 7.11 Å². The van der Waals surface area contributed by atoms with Gasteiger partial charge in [0.05, 0.1) is 0 Å². The molecule has 0 spiro atoms. The minimum absolute atomic E-state index is 0.0917. The first-order chi connectivity index (χ1) is 7.81. The quantitative estimate of drug-likeness (QED) is 0.758. The average Bonchev–Trinajstić information content (AvgIpc) is 2.34. The van der Waals surface area contributed by atoms with Gasteiger partial charge in [0.2, 0.25) is 0 Å². The Balaban J connectivity index is 2.33. The monoisotopic (exact) mass is 233 g/mol. The number of ether oxygens (including phenoxy) is 1. The van der Waals surface area contributed by atoms with Gasteiger partial charge in [0, 0.05) is 18.9 Å². The van der Waals surface area contributed by atoms with Gasteiger partial charge in [0.15, 0.2) is 0 Å². The van der Waals surface area contributed by atoms with Crippen LogP contribution in [0.25, 0.3) is 0 Å². The number of hydrogen-bond donors (Lipinski definition) is 0. The molecule has 0 radical (unpaired) electrons. The number of benzene rings is 1. The van der Waals surface area contributed by atoms with E-state index >= 15 is 0 Å². The van der Waals surface area contributed by atoms with Crippen LogP contribution in [0, 0.1) is 0 Å². The molecule has 16 heavy (non-hydrogen) atoms. The molecule has 1 heterocycles. The van der Waals surface area contributed by atoms with E-state index in [0.29, 0.717) is 5.15 Å². The number of methoxy groups -OCH3 is 1. The van der Waals surface area contributed by atoms with E-state index in [1.807, 2.05) is 36.4 Å². The van der Waals surface area contributed by atoms with Crippen LogP contribution < -0.4 is 0 Å².